The number of fused-ring (bicyclic) bond motifs is 2. The lowest BCUT2D eigenvalue weighted by atomic mass is 9.75. The molecule has 118 valence electrons. The predicted octanol–water partition coefficient (Wildman–Crippen LogP) is 0.827. The molecule has 2 atom stereocenters. The third kappa shape index (κ3) is 1.69. The van der Waals surface area contributed by atoms with Gasteiger partial charge in [-0.3, -0.25) is 9.59 Å². The number of nitrogens with one attached hydrogen (secondary N) is 1. The van der Waals surface area contributed by atoms with Crippen molar-refractivity contribution in [3.63, 3.8) is 0 Å². The minimum atomic E-state index is -1.13. The number of nitrogens with two attached hydrogens (primary N) is 2. The van der Waals surface area contributed by atoms with Crippen molar-refractivity contribution >= 4 is 23.3 Å². The molecule has 0 fully saturated rings. The third-order valence-electron chi connectivity index (χ3n) is 4.28. The molecule has 0 radical (unpaired) electrons. The Kier molecular flexibility index (Phi) is 2.74. The zero-order valence-corrected chi connectivity index (χ0v) is 12.2. The van der Waals surface area contributed by atoms with E-state index in [4.69, 9.17) is 16.2 Å². The Balaban J connectivity index is 2.09. The van der Waals surface area contributed by atoms with E-state index >= 15 is 0 Å². The average molecular weight is 321 g/mol. The van der Waals surface area contributed by atoms with Crippen LogP contribution in [0, 0.1) is 17.2 Å². The van der Waals surface area contributed by atoms with Crippen LogP contribution in [0.15, 0.2) is 24.3 Å². The fourth-order valence-electron chi connectivity index (χ4n) is 3.29. The van der Waals surface area contributed by atoms with Crippen LogP contribution in [0.5, 0.6) is 11.6 Å². The first-order chi connectivity index (χ1) is 11.5. The van der Waals surface area contributed by atoms with Gasteiger partial charge in [0.05, 0.1) is 5.69 Å². The highest BCUT2D eigenvalue weighted by Gasteiger charge is 2.47. The third-order valence-corrected chi connectivity index (χ3v) is 4.28. The van der Waals surface area contributed by atoms with E-state index in [9.17, 15) is 14.9 Å². The number of benzene rings is 1. The van der Waals surface area contributed by atoms with Crippen LogP contribution >= 0.6 is 0 Å². The molecule has 5 N–H and O–H groups in total. The number of rotatable bonds is 1. The molecule has 1 aromatic heterocycles. The second kappa shape index (κ2) is 4.70. The quantitative estimate of drug-likeness (QED) is 0.663. The maximum absolute atomic E-state index is 12.5. The first-order valence-electron chi connectivity index (χ1n) is 7.13. The van der Waals surface area contributed by atoms with Gasteiger partial charge in [0.15, 0.2) is 0 Å². The van der Waals surface area contributed by atoms with Crippen LogP contribution in [-0.4, -0.2) is 16.8 Å². The van der Waals surface area contributed by atoms with E-state index < -0.39 is 23.7 Å². The van der Waals surface area contributed by atoms with Gasteiger partial charge in [0, 0.05) is 17.0 Å². The number of amides is 2. The molecule has 0 bridgehead atoms. The van der Waals surface area contributed by atoms with Gasteiger partial charge >= 0.3 is 0 Å². The number of primary amides is 1. The van der Waals surface area contributed by atoms with Gasteiger partial charge in [0.2, 0.25) is 17.7 Å². The molecular weight excluding hydrogens is 310 g/mol. The monoisotopic (exact) mass is 321 g/mol. The number of para-hydroxylation sites is 1. The molecule has 0 saturated carbocycles. The van der Waals surface area contributed by atoms with Crippen LogP contribution in [0.25, 0.3) is 0 Å². The summed E-state index contributed by atoms with van der Waals surface area (Å²) in [5, 5.41) is 11.9. The standard InChI is InChI=1S/C16H11N5O3/c17-5-7-12-10-9(11(14(19)22)15(23)20-12)6-3-1-2-4-8(6)24-16(10)21-13(7)18/h1-4,9,11H,(H2,18,21)(H2,19,22)(H,20,23). The lowest BCUT2D eigenvalue weighted by Gasteiger charge is -2.36. The van der Waals surface area contributed by atoms with Crippen molar-refractivity contribution in [1.29, 1.82) is 5.26 Å². The number of nitrogens with zero attached hydrogens (tertiary/aromatic N) is 2. The van der Waals surface area contributed by atoms with Gasteiger partial charge in [-0.25, -0.2) is 0 Å². The van der Waals surface area contributed by atoms with Crippen LogP contribution in [0.1, 0.15) is 22.6 Å². The lowest BCUT2D eigenvalue weighted by Crippen LogP contribution is -2.43. The van der Waals surface area contributed by atoms with Crippen molar-refractivity contribution in [2.24, 2.45) is 11.7 Å². The molecule has 8 heteroatoms. The number of hydrogen-bond donors (Lipinski definition) is 3. The molecule has 2 aliphatic heterocycles. The van der Waals surface area contributed by atoms with Gasteiger partial charge in [-0.1, -0.05) is 18.2 Å². The van der Waals surface area contributed by atoms with Crippen LogP contribution in [0.2, 0.25) is 0 Å². The summed E-state index contributed by atoms with van der Waals surface area (Å²) >= 11 is 0. The minimum absolute atomic E-state index is 0.0398. The van der Waals surface area contributed by atoms with Crippen molar-refractivity contribution < 1.29 is 14.3 Å². The second-order valence-corrected chi connectivity index (χ2v) is 5.56. The Hall–Kier alpha value is -3.60. The van der Waals surface area contributed by atoms with Gasteiger partial charge in [0.1, 0.15) is 29.1 Å². The molecule has 24 heavy (non-hydrogen) atoms. The summed E-state index contributed by atoms with van der Waals surface area (Å²) in [6.45, 7) is 0. The minimum Gasteiger partial charge on any atom is -0.438 e. The number of carbonyl (C=O) groups is 2. The molecule has 0 aliphatic carbocycles. The number of nitriles is 1. The van der Waals surface area contributed by atoms with E-state index in [1.165, 1.54) is 0 Å². The smallest absolute Gasteiger partial charge is 0.237 e. The van der Waals surface area contributed by atoms with Crippen LogP contribution < -0.4 is 21.5 Å². The average Bonchev–Trinajstić information content (AvgIpc) is 2.54. The highest BCUT2D eigenvalue weighted by Crippen LogP contribution is 2.53. The fraction of sp³-hybridized carbons (Fsp3) is 0.125. The molecule has 4 rings (SSSR count). The van der Waals surface area contributed by atoms with Crippen molar-refractivity contribution in [2.75, 3.05) is 11.1 Å². The lowest BCUT2D eigenvalue weighted by molar-refractivity contribution is -0.131. The molecule has 1 aromatic carbocycles. The largest absolute Gasteiger partial charge is 0.438 e. The molecule has 0 saturated heterocycles. The molecule has 8 nitrogen and oxygen atoms in total. The highest BCUT2D eigenvalue weighted by molar-refractivity contribution is 6.11. The van der Waals surface area contributed by atoms with E-state index in [1.807, 2.05) is 6.07 Å². The summed E-state index contributed by atoms with van der Waals surface area (Å²) in [7, 11) is 0. The maximum atomic E-state index is 12.5. The molecule has 2 unspecified atom stereocenters. The van der Waals surface area contributed by atoms with E-state index in [-0.39, 0.29) is 22.9 Å². The van der Waals surface area contributed by atoms with Crippen molar-refractivity contribution in [2.45, 2.75) is 5.92 Å². The molecule has 2 aromatic rings. The summed E-state index contributed by atoms with van der Waals surface area (Å²) in [5.41, 5.74) is 12.6. The zero-order chi connectivity index (χ0) is 17.0. The molecule has 2 amide bonds. The van der Waals surface area contributed by atoms with Gasteiger partial charge in [-0.15, -0.1) is 0 Å². The topological polar surface area (TPSA) is 144 Å². The summed E-state index contributed by atoms with van der Waals surface area (Å²) in [5.74, 6) is -2.56. The fourth-order valence-corrected chi connectivity index (χ4v) is 3.29. The van der Waals surface area contributed by atoms with Crippen molar-refractivity contribution in [3.8, 4) is 17.7 Å². The first kappa shape index (κ1) is 14.0. The number of anilines is 2. The Morgan fingerprint density at radius 1 is 1.38 bits per heavy atom. The van der Waals surface area contributed by atoms with Crippen molar-refractivity contribution in [1.82, 2.24) is 4.98 Å². The van der Waals surface area contributed by atoms with E-state index in [0.717, 1.165) is 0 Å². The number of ether oxygens (including phenoxy) is 1. The zero-order valence-electron chi connectivity index (χ0n) is 12.2. The number of pyridine rings is 1. The SMILES string of the molecule is N#Cc1c(N)nc2c3c1NC(=O)C(C(N)=O)C3c1ccccc1O2. The normalized spacial score (nSPS) is 20.0. The number of nitrogen functional groups attached to an aromatic ring is 1. The molecule has 3 heterocycles. The summed E-state index contributed by atoms with van der Waals surface area (Å²) in [4.78, 5) is 28.5. The van der Waals surface area contributed by atoms with Gasteiger partial charge in [0.25, 0.3) is 0 Å². The van der Waals surface area contributed by atoms with E-state index in [2.05, 4.69) is 10.3 Å². The molecule has 0 spiro atoms. The predicted molar refractivity (Wildman–Crippen MR) is 83.0 cm³/mol. The maximum Gasteiger partial charge on any atom is 0.237 e. The van der Waals surface area contributed by atoms with Crippen LogP contribution in [0.4, 0.5) is 11.5 Å². The van der Waals surface area contributed by atoms with E-state index in [0.29, 0.717) is 16.9 Å². The van der Waals surface area contributed by atoms with Gasteiger partial charge < -0.3 is 21.5 Å². The summed E-state index contributed by atoms with van der Waals surface area (Å²) in [6.07, 6.45) is 0. The van der Waals surface area contributed by atoms with Gasteiger partial charge in [-0.2, -0.15) is 10.2 Å². The number of carbonyl (C=O) groups excluding carboxylic acids is 2. The number of aromatic nitrogens is 1. The molecular formula is C16H11N5O3. The van der Waals surface area contributed by atoms with Gasteiger partial charge in [-0.05, 0) is 6.07 Å². The van der Waals surface area contributed by atoms with Crippen LogP contribution in [0.3, 0.4) is 0 Å². The Morgan fingerprint density at radius 2 is 2.12 bits per heavy atom. The number of hydrogen-bond acceptors (Lipinski definition) is 6. The second-order valence-electron chi connectivity index (χ2n) is 5.56. The summed E-state index contributed by atoms with van der Waals surface area (Å²) in [6, 6.07) is 8.93. The van der Waals surface area contributed by atoms with Crippen LogP contribution in [-0.2, 0) is 9.59 Å². The summed E-state index contributed by atoms with van der Waals surface area (Å²) < 4.78 is 5.76. The molecule has 2 aliphatic rings. The van der Waals surface area contributed by atoms with E-state index in [1.54, 1.807) is 24.3 Å². The highest BCUT2D eigenvalue weighted by atomic mass is 16.5. The Morgan fingerprint density at radius 3 is 2.83 bits per heavy atom. The Labute approximate surface area is 136 Å². The van der Waals surface area contributed by atoms with Crippen molar-refractivity contribution in [3.05, 3.63) is 41.0 Å². The Bertz CT molecular complexity index is 963. The first-order valence-corrected chi connectivity index (χ1v) is 7.13.